The van der Waals surface area contributed by atoms with Gasteiger partial charge in [-0.2, -0.15) is 0 Å². The molecule has 0 bridgehead atoms. The Bertz CT molecular complexity index is 390. The van der Waals surface area contributed by atoms with Crippen LogP contribution in [0.5, 0.6) is 0 Å². The molecule has 2 rings (SSSR count). The Kier molecular flexibility index (Phi) is 2.51. The van der Waals surface area contributed by atoms with Crippen molar-refractivity contribution in [1.29, 1.82) is 0 Å². The van der Waals surface area contributed by atoms with Gasteiger partial charge in [0.1, 0.15) is 0 Å². The minimum atomic E-state index is -0.408. The Morgan fingerprint density at radius 3 is 2.93 bits per heavy atom. The summed E-state index contributed by atoms with van der Waals surface area (Å²) >= 11 is 0. The van der Waals surface area contributed by atoms with E-state index in [0.29, 0.717) is 5.82 Å². The number of nitro groups is 1. The van der Waals surface area contributed by atoms with E-state index in [4.69, 9.17) is 0 Å². The van der Waals surface area contributed by atoms with Gasteiger partial charge in [-0.3, -0.25) is 10.1 Å². The normalized spacial score (nSPS) is 15.8. The second kappa shape index (κ2) is 3.82. The predicted molar refractivity (Wildman–Crippen MR) is 55.9 cm³/mol. The minimum absolute atomic E-state index is 0.0434. The Labute approximate surface area is 86.9 Å². The van der Waals surface area contributed by atoms with Crippen LogP contribution >= 0.6 is 0 Å². The van der Waals surface area contributed by atoms with Crippen LogP contribution in [0, 0.1) is 17.0 Å². The smallest absolute Gasteiger partial charge is 0.311 e. The molecule has 15 heavy (non-hydrogen) atoms. The van der Waals surface area contributed by atoms with Gasteiger partial charge in [0, 0.05) is 25.4 Å². The predicted octanol–water partition coefficient (Wildman–Crippen LogP) is 0.682. The van der Waals surface area contributed by atoms with E-state index in [1.165, 1.54) is 6.07 Å². The van der Waals surface area contributed by atoms with Crippen molar-refractivity contribution in [2.75, 3.05) is 18.4 Å². The van der Waals surface area contributed by atoms with E-state index in [1.807, 2.05) is 0 Å². The lowest BCUT2D eigenvalue weighted by atomic mass is 10.2. The van der Waals surface area contributed by atoms with Gasteiger partial charge in [-0.1, -0.05) is 0 Å². The molecule has 1 aliphatic heterocycles. The molecule has 0 aliphatic carbocycles. The maximum absolute atomic E-state index is 10.8. The molecular weight excluding hydrogens is 196 g/mol. The molecule has 0 aromatic carbocycles. The van der Waals surface area contributed by atoms with E-state index in [0.717, 1.165) is 18.7 Å². The van der Waals surface area contributed by atoms with E-state index in [2.05, 4.69) is 15.6 Å². The first-order chi connectivity index (χ1) is 7.16. The summed E-state index contributed by atoms with van der Waals surface area (Å²) in [5, 5.41) is 16.9. The summed E-state index contributed by atoms with van der Waals surface area (Å²) in [7, 11) is 0. The highest BCUT2D eigenvalue weighted by Gasteiger charge is 2.22. The molecular formula is C9H12N4O2. The van der Waals surface area contributed by atoms with E-state index in [9.17, 15) is 10.1 Å². The third-order valence-corrected chi connectivity index (χ3v) is 2.32. The second-order valence-electron chi connectivity index (χ2n) is 3.64. The van der Waals surface area contributed by atoms with Crippen molar-refractivity contribution in [3.63, 3.8) is 0 Å². The number of aromatic nitrogens is 1. The highest BCUT2D eigenvalue weighted by atomic mass is 16.6. The standard InChI is InChI=1S/C9H12N4O2/c1-6-2-8(13(14)15)9(11-3-6)12-7-4-10-5-7/h2-3,7,10H,4-5H2,1H3,(H,11,12). The molecule has 0 unspecified atom stereocenters. The molecule has 2 N–H and O–H groups in total. The molecule has 0 saturated carbocycles. The molecule has 1 aromatic heterocycles. The van der Waals surface area contributed by atoms with Gasteiger partial charge in [-0.15, -0.1) is 0 Å². The fraction of sp³-hybridized carbons (Fsp3) is 0.444. The molecule has 0 radical (unpaired) electrons. The number of hydrogen-bond acceptors (Lipinski definition) is 5. The Balaban J connectivity index is 2.23. The van der Waals surface area contributed by atoms with Gasteiger partial charge >= 0.3 is 5.69 Å². The van der Waals surface area contributed by atoms with Crippen LogP contribution in [0.2, 0.25) is 0 Å². The summed E-state index contributed by atoms with van der Waals surface area (Å²) in [5.41, 5.74) is 0.834. The molecule has 1 aromatic rings. The number of nitrogens with zero attached hydrogens (tertiary/aromatic N) is 2. The summed E-state index contributed by atoms with van der Waals surface area (Å²) < 4.78 is 0. The van der Waals surface area contributed by atoms with Crippen molar-refractivity contribution in [3.8, 4) is 0 Å². The van der Waals surface area contributed by atoms with Crippen molar-refractivity contribution >= 4 is 11.5 Å². The number of aryl methyl sites for hydroxylation is 1. The number of hydrogen-bond donors (Lipinski definition) is 2. The molecule has 80 valence electrons. The monoisotopic (exact) mass is 208 g/mol. The molecule has 0 atom stereocenters. The van der Waals surface area contributed by atoms with Crippen LogP contribution in [-0.2, 0) is 0 Å². The molecule has 0 spiro atoms. The van der Waals surface area contributed by atoms with Crippen molar-refractivity contribution in [1.82, 2.24) is 10.3 Å². The zero-order valence-electron chi connectivity index (χ0n) is 8.36. The number of rotatable bonds is 3. The fourth-order valence-electron chi connectivity index (χ4n) is 1.39. The zero-order valence-corrected chi connectivity index (χ0v) is 8.36. The van der Waals surface area contributed by atoms with Crippen molar-refractivity contribution in [2.24, 2.45) is 0 Å². The Morgan fingerprint density at radius 1 is 1.67 bits per heavy atom. The average Bonchev–Trinajstić information content (AvgIpc) is 2.12. The van der Waals surface area contributed by atoms with E-state index in [1.54, 1.807) is 13.1 Å². The van der Waals surface area contributed by atoms with Gasteiger partial charge in [0.15, 0.2) is 0 Å². The number of pyridine rings is 1. The lowest BCUT2D eigenvalue weighted by molar-refractivity contribution is -0.384. The summed E-state index contributed by atoms with van der Waals surface area (Å²) in [6.07, 6.45) is 1.63. The maximum Gasteiger partial charge on any atom is 0.311 e. The molecule has 1 aliphatic rings. The van der Waals surface area contributed by atoms with E-state index < -0.39 is 4.92 Å². The van der Waals surface area contributed by atoms with Gasteiger partial charge in [0.25, 0.3) is 0 Å². The van der Waals surface area contributed by atoms with Gasteiger partial charge in [0.05, 0.1) is 11.0 Å². The van der Waals surface area contributed by atoms with Crippen LogP contribution in [0.3, 0.4) is 0 Å². The first kappa shape index (κ1) is 9.85. The van der Waals surface area contributed by atoms with E-state index in [-0.39, 0.29) is 11.7 Å². The molecule has 1 saturated heterocycles. The Morgan fingerprint density at radius 2 is 2.40 bits per heavy atom. The fourth-order valence-corrected chi connectivity index (χ4v) is 1.39. The van der Waals surface area contributed by atoms with Gasteiger partial charge in [0.2, 0.25) is 5.82 Å². The third kappa shape index (κ3) is 2.04. The number of anilines is 1. The van der Waals surface area contributed by atoms with Crippen molar-refractivity contribution in [3.05, 3.63) is 27.9 Å². The SMILES string of the molecule is Cc1cnc(NC2CNC2)c([N+](=O)[O-])c1. The highest BCUT2D eigenvalue weighted by molar-refractivity contribution is 5.57. The quantitative estimate of drug-likeness (QED) is 0.564. The zero-order chi connectivity index (χ0) is 10.8. The topological polar surface area (TPSA) is 80.1 Å². The van der Waals surface area contributed by atoms with Crippen LogP contribution in [-0.4, -0.2) is 29.0 Å². The highest BCUT2D eigenvalue weighted by Crippen LogP contribution is 2.23. The van der Waals surface area contributed by atoms with Gasteiger partial charge in [-0.05, 0) is 12.5 Å². The van der Waals surface area contributed by atoms with Crippen LogP contribution in [0.15, 0.2) is 12.3 Å². The average molecular weight is 208 g/mol. The maximum atomic E-state index is 10.8. The van der Waals surface area contributed by atoms with Crippen molar-refractivity contribution < 1.29 is 4.92 Å². The lowest BCUT2D eigenvalue weighted by Crippen LogP contribution is -2.51. The lowest BCUT2D eigenvalue weighted by Gasteiger charge is -2.28. The van der Waals surface area contributed by atoms with Crippen LogP contribution in [0.4, 0.5) is 11.5 Å². The van der Waals surface area contributed by atoms with Gasteiger partial charge < -0.3 is 10.6 Å². The Hall–Kier alpha value is -1.69. The van der Waals surface area contributed by atoms with Crippen LogP contribution < -0.4 is 10.6 Å². The summed E-state index contributed by atoms with van der Waals surface area (Å²) in [5.74, 6) is 0.358. The van der Waals surface area contributed by atoms with Crippen LogP contribution in [0.1, 0.15) is 5.56 Å². The van der Waals surface area contributed by atoms with Crippen molar-refractivity contribution in [2.45, 2.75) is 13.0 Å². The van der Waals surface area contributed by atoms with E-state index >= 15 is 0 Å². The second-order valence-corrected chi connectivity index (χ2v) is 3.64. The summed E-state index contributed by atoms with van der Waals surface area (Å²) in [4.78, 5) is 14.4. The first-order valence-electron chi connectivity index (χ1n) is 4.75. The molecule has 2 heterocycles. The molecule has 1 fully saturated rings. The first-order valence-corrected chi connectivity index (χ1v) is 4.75. The third-order valence-electron chi connectivity index (χ3n) is 2.32. The van der Waals surface area contributed by atoms with Crippen LogP contribution in [0.25, 0.3) is 0 Å². The minimum Gasteiger partial charge on any atom is -0.359 e. The summed E-state index contributed by atoms with van der Waals surface area (Å²) in [6.45, 7) is 3.44. The molecule has 0 amide bonds. The van der Waals surface area contributed by atoms with Gasteiger partial charge in [-0.25, -0.2) is 4.98 Å². The molecule has 6 heteroatoms. The summed E-state index contributed by atoms with van der Waals surface area (Å²) in [6, 6.07) is 1.78. The molecule has 6 nitrogen and oxygen atoms in total. The number of nitrogens with one attached hydrogen (secondary N) is 2. The largest absolute Gasteiger partial charge is 0.359 e.